The summed E-state index contributed by atoms with van der Waals surface area (Å²) >= 11 is 0. The van der Waals surface area contributed by atoms with Crippen LogP contribution in [0.25, 0.3) is 0 Å². The molecule has 0 aromatic carbocycles. The molecule has 0 aliphatic carbocycles. The normalized spacial score (nSPS) is 9.60. The Kier molecular flexibility index (Phi) is 2.58. The van der Waals surface area contributed by atoms with Crippen molar-refractivity contribution in [3.63, 3.8) is 0 Å². The molecule has 1 unspecified atom stereocenters. The minimum atomic E-state index is 0.282. The largest absolute Gasteiger partial charge is 0.308 e. The number of hydrogen-bond donors (Lipinski definition) is 0. The van der Waals surface area contributed by atoms with Gasteiger partial charge in [-0.05, 0) is 0 Å². The van der Waals surface area contributed by atoms with Crippen LogP contribution in [0.2, 0.25) is 0 Å². The van der Waals surface area contributed by atoms with E-state index in [4.69, 9.17) is 0 Å². The summed E-state index contributed by atoms with van der Waals surface area (Å²) in [4.78, 5) is 9.82. The molecule has 4 heteroatoms. The zero-order chi connectivity index (χ0) is 4.28. The molecule has 0 saturated carbocycles. The minimum Gasteiger partial charge on any atom is -0.308 e. The highest BCUT2D eigenvalue weighted by Crippen LogP contribution is 1.97. The highest BCUT2D eigenvalue weighted by molar-refractivity contribution is 7.84. The lowest BCUT2D eigenvalue weighted by molar-refractivity contribution is 0.275. The quantitative estimate of drug-likeness (QED) is 0.294. The third-order valence-electron chi connectivity index (χ3n) is 0.352. The molecule has 0 aliphatic rings. The summed E-state index contributed by atoms with van der Waals surface area (Å²) in [6.45, 7) is 0. The topological polar surface area (TPSA) is 17.1 Å². The first-order valence-corrected chi connectivity index (χ1v) is 2.95. The van der Waals surface area contributed by atoms with E-state index >= 15 is 0 Å². The third-order valence-corrected chi connectivity index (χ3v) is 1.06. The van der Waals surface area contributed by atoms with Crippen LogP contribution in [-0.4, -0.2) is 20.8 Å². The fourth-order valence-electron chi connectivity index (χ4n) is 0. The Labute approximate surface area is 35.1 Å². The zero-order valence-corrected chi connectivity index (χ0v) is 4.41. The molecule has 26 valence electrons. The van der Waals surface area contributed by atoms with Gasteiger partial charge < -0.3 is 4.79 Å². The minimum absolute atomic E-state index is 0.282. The predicted octanol–water partition coefficient (Wildman–Crippen LogP) is -1.03. The van der Waals surface area contributed by atoms with Gasteiger partial charge in [0.05, 0.1) is 5.42 Å². The smallest absolute Gasteiger partial charge is 0.191 e. The average molecular weight is 85.6 g/mol. The summed E-state index contributed by atoms with van der Waals surface area (Å²) in [5, 5.41) is 0. The van der Waals surface area contributed by atoms with E-state index < -0.39 is 0 Å². The molecule has 0 heterocycles. The van der Waals surface area contributed by atoms with E-state index in [2.05, 4.69) is 0 Å². The van der Waals surface area contributed by atoms with Gasteiger partial charge >= 0.3 is 0 Å². The van der Waals surface area contributed by atoms with Crippen molar-refractivity contribution in [1.82, 2.24) is 0 Å². The fraction of sp³-hybridized carbons (Fsp3) is 0. The van der Waals surface area contributed by atoms with Crippen LogP contribution in [0.4, 0.5) is 4.79 Å². The summed E-state index contributed by atoms with van der Waals surface area (Å²) in [6.07, 6.45) is 0. The zero-order valence-electron chi connectivity index (χ0n) is 3.41. The van der Waals surface area contributed by atoms with Crippen LogP contribution < -0.4 is 0 Å². The average Bonchev–Trinajstić information content (AvgIpc) is 1.38. The van der Waals surface area contributed by atoms with Crippen molar-refractivity contribution in [3.8, 4) is 0 Å². The standard InChI is InChI=1S/CH5B2OP/c2-1(4)5-3/h5H,2-3H2. The van der Waals surface area contributed by atoms with Crippen LogP contribution in [0, 0.1) is 0 Å². The van der Waals surface area contributed by atoms with Gasteiger partial charge in [0.2, 0.25) is 0 Å². The second-order valence-electron chi connectivity index (χ2n) is 0.806. The second kappa shape index (κ2) is 2.47. The van der Waals surface area contributed by atoms with Gasteiger partial charge in [-0.2, -0.15) is 0 Å². The lowest BCUT2D eigenvalue weighted by Gasteiger charge is -1.72. The van der Waals surface area contributed by atoms with Gasteiger partial charge in [-0.15, -0.1) is 8.46 Å². The molecule has 0 spiro atoms. The van der Waals surface area contributed by atoms with E-state index in [9.17, 15) is 4.79 Å². The van der Waals surface area contributed by atoms with E-state index in [1.807, 2.05) is 7.57 Å². The van der Waals surface area contributed by atoms with Crippen molar-refractivity contribution in [2.24, 2.45) is 0 Å². The number of hydrogen-bond acceptors (Lipinski definition) is 1. The van der Waals surface area contributed by atoms with Gasteiger partial charge in [0.25, 0.3) is 0 Å². The van der Waals surface area contributed by atoms with Gasteiger partial charge in [-0.25, -0.2) is 0 Å². The summed E-state index contributed by atoms with van der Waals surface area (Å²) in [6, 6.07) is 0. The molecular formula is CH5B2OP. The fourth-order valence-corrected chi connectivity index (χ4v) is 0. The first-order chi connectivity index (χ1) is 2.27. The maximum Gasteiger partial charge on any atom is 0.191 e. The van der Waals surface area contributed by atoms with Gasteiger partial charge in [0.1, 0.15) is 7.57 Å². The third kappa shape index (κ3) is 4.23. The van der Waals surface area contributed by atoms with Gasteiger partial charge in [-0.3, -0.25) is 0 Å². The summed E-state index contributed by atoms with van der Waals surface area (Å²) in [7, 11) is 3.95. The SMILES string of the molecule is BPC(B)=O. The summed E-state index contributed by atoms with van der Waals surface area (Å²) in [5.41, 5.74) is 0.282. The van der Waals surface area contributed by atoms with Crippen molar-refractivity contribution in [2.45, 2.75) is 0 Å². The number of carbonyl (C=O) groups excluding carboxylic acids is 1. The molecular weight excluding hydrogens is 80.6 g/mol. The van der Waals surface area contributed by atoms with Gasteiger partial charge in [0.15, 0.2) is 7.85 Å². The number of carbonyl (C=O) groups is 1. The predicted molar refractivity (Wildman–Crippen MR) is 30.8 cm³/mol. The van der Waals surface area contributed by atoms with Crippen molar-refractivity contribution in [2.75, 3.05) is 0 Å². The Balaban J connectivity index is 2.85. The Morgan fingerprint density at radius 1 is 1.80 bits per heavy atom. The molecule has 5 heavy (non-hydrogen) atoms. The molecule has 0 aliphatic heterocycles. The Morgan fingerprint density at radius 3 is 2.00 bits per heavy atom. The molecule has 0 amide bonds. The molecule has 0 radical (unpaired) electrons. The maximum absolute atomic E-state index is 9.82. The van der Waals surface area contributed by atoms with E-state index in [1.165, 1.54) is 0 Å². The maximum atomic E-state index is 9.82. The summed E-state index contributed by atoms with van der Waals surface area (Å²) < 4.78 is 0. The molecule has 0 aromatic heterocycles. The second-order valence-corrected chi connectivity index (χ2v) is 2.01. The molecule has 0 aromatic rings. The molecule has 0 bridgehead atoms. The van der Waals surface area contributed by atoms with Gasteiger partial charge in [0, 0.05) is 0 Å². The van der Waals surface area contributed by atoms with E-state index in [0.29, 0.717) is 8.46 Å². The lowest BCUT2D eigenvalue weighted by Crippen LogP contribution is -1.76. The number of rotatable bonds is 1. The molecule has 0 N–H and O–H groups in total. The molecule has 0 fully saturated rings. The van der Waals surface area contributed by atoms with Crippen LogP contribution in [-0.2, 0) is 0 Å². The highest BCUT2D eigenvalue weighted by Gasteiger charge is 1.77. The van der Waals surface area contributed by atoms with Crippen LogP contribution in [0.5, 0.6) is 0 Å². The van der Waals surface area contributed by atoms with Crippen molar-refractivity contribution >= 4 is 29.3 Å². The van der Waals surface area contributed by atoms with E-state index in [1.54, 1.807) is 7.85 Å². The Morgan fingerprint density at radius 2 is 2.00 bits per heavy atom. The summed E-state index contributed by atoms with van der Waals surface area (Å²) in [5.74, 6) is 0. The monoisotopic (exact) mass is 86.0 g/mol. The Bertz CT molecular complexity index is 44.9. The molecule has 0 rings (SSSR count). The van der Waals surface area contributed by atoms with Crippen LogP contribution >= 0.6 is 8.46 Å². The first kappa shape index (κ1) is 5.23. The molecule has 1 atom stereocenters. The Hall–Kier alpha value is 0.230. The van der Waals surface area contributed by atoms with E-state index in [-0.39, 0.29) is 5.42 Å². The van der Waals surface area contributed by atoms with Crippen molar-refractivity contribution < 1.29 is 4.79 Å². The van der Waals surface area contributed by atoms with Crippen LogP contribution in [0.1, 0.15) is 0 Å². The molecule has 0 saturated heterocycles. The lowest BCUT2D eigenvalue weighted by atomic mass is 10.2. The van der Waals surface area contributed by atoms with Gasteiger partial charge in [-0.1, -0.05) is 0 Å². The first-order valence-electron chi connectivity index (χ1n) is 1.45. The van der Waals surface area contributed by atoms with E-state index in [0.717, 1.165) is 0 Å². The highest BCUT2D eigenvalue weighted by atomic mass is 31.1. The van der Waals surface area contributed by atoms with Crippen LogP contribution in [0.15, 0.2) is 0 Å². The van der Waals surface area contributed by atoms with Crippen molar-refractivity contribution in [3.05, 3.63) is 0 Å². The van der Waals surface area contributed by atoms with Crippen molar-refractivity contribution in [1.29, 1.82) is 0 Å². The van der Waals surface area contributed by atoms with Crippen LogP contribution in [0.3, 0.4) is 0 Å². The molecule has 1 nitrogen and oxygen atoms in total.